The Morgan fingerprint density at radius 1 is 1.00 bits per heavy atom. The van der Waals surface area contributed by atoms with Crippen molar-refractivity contribution in [3.63, 3.8) is 0 Å². The second kappa shape index (κ2) is 8.73. The third kappa shape index (κ3) is 4.71. The minimum Gasteiger partial charge on any atom is -0.497 e. The first-order valence-corrected chi connectivity index (χ1v) is 9.88. The van der Waals surface area contributed by atoms with Gasteiger partial charge in [0.25, 0.3) is 5.91 Å². The zero-order valence-electron chi connectivity index (χ0n) is 16.4. The van der Waals surface area contributed by atoms with Gasteiger partial charge in [-0.2, -0.15) is 0 Å². The van der Waals surface area contributed by atoms with Crippen LogP contribution in [-0.4, -0.2) is 29.0 Å². The summed E-state index contributed by atoms with van der Waals surface area (Å²) in [4.78, 5) is 22.0. The highest BCUT2D eigenvalue weighted by atomic mass is 16.5. The number of hydrogen-bond donors (Lipinski definition) is 2. The molecular weight excluding hydrogens is 364 g/mol. The molecule has 1 aromatic heterocycles. The molecule has 29 heavy (non-hydrogen) atoms. The summed E-state index contributed by atoms with van der Waals surface area (Å²) in [6, 6.07) is 19.2. The molecule has 0 radical (unpaired) electrons. The largest absolute Gasteiger partial charge is 0.497 e. The maximum atomic E-state index is 12.8. The van der Waals surface area contributed by atoms with Gasteiger partial charge < -0.3 is 15.4 Å². The predicted octanol–water partition coefficient (Wildman–Crippen LogP) is 4.57. The second-order valence-electron chi connectivity index (χ2n) is 7.14. The highest BCUT2D eigenvalue weighted by Crippen LogP contribution is 2.23. The lowest BCUT2D eigenvalue weighted by molar-refractivity contribution is 0.0933. The van der Waals surface area contributed by atoms with Crippen LogP contribution >= 0.6 is 0 Å². The third-order valence-electron chi connectivity index (χ3n) is 5.04. The van der Waals surface area contributed by atoms with Crippen LogP contribution in [0.25, 0.3) is 11.4 Å². The molecule has 1 saturated carbocycles. The second-order valence-corrected chi connectivity index (χ2v) is 7.14. The monoisotopic (exact) mass is 388 g/mol. The van der Waals surface area contributed by atoms with Gasteiger partial charge in [-0.25, -0.2) is 9.97 Å². The van der Waals surface area contributed by atoms with Gasteiger partial charge in [-0.15, -0.1) is 0 Å². The van der Waals surface area contributed by atoms with Crippen LogP contribution in [0.4, 0.5) is 11.5 Å². The van der Waals surface area contributed by atoms with Gasteiger partial charge in [0.15, 0.2) is 5.82 Å². The van der Waals surface area contributed by atoms with E-state index in [9.17, 15) is 4.79 Å². The summed E-state index contributed by atoms with van der Waals surface area (Å²) < 4.78 is 5.20. The summed E-state index contributed by atoms with van der Waals surface area (Å²) in [7, 11) is 1.63. The predicted molar refractivity (Wildman–Crippen MR) is 113 cm³/mol. The molecule has 1 fully saturated rings. The van der Waals surface area contributed by atoms with E-state index in [1.165, 1.54) is 0 Å². The molecule has 148 valence electrons. The first-order chi connectivity index (χ1) is 14.2. The summed E-state index contributed by atoms with van der Waals surface area (Å²) in [5, 5.41) is 6.37. The van der Waals surface area contributed by atoms with Crippen molar-refractivity contribution in [2.75, 3.05) is 12.4 Å². The van der Waals surface area contributed by atoms with Crippen molar-refractivity contribution in [3.8, 4) is 17.1 Å². The van der Waals surface area contributed by atoms with Gasteiger partial charge in [0.1, 0.15) is 17.3 Å². The SMILES string of the molecule is COc1ccc(Nc2cc(C(=O)NC3CCCC3)nc(-c3ccccc3)n2)cc1. The Morgan fingerprint density at radius 3 is 2.41 bits per heavy atom. The van der Waals surface area contributed by atoms with Crippen molar-refractivity contribution in [1.29, 1.82) is 0 Å². The Bertz CT molecular complexity index is 968. The van der Waals surface area contributed by atoms with E-state index in [0.717, 1.165) is 42.7 Å². The zero-order chi connectivity index (χ0) is 20.1. The van der Waals surface area contributed by atoms with E-state index in [1.807, 2.05) is 54.6 Å². The maximum Gasteiger partial charge on any atom is 0.270 e. The summed E-state index contributed by atoms with van der Waals surface area (Å²) >= 11 is 0. The molecule has 0 spiro atoms. The molecule has 0 atom stereocenters. The van der Waals surface area contributed by atoms with Crippen molar-refractivity contribution < 1.29 is 9.53 Å². The Labute approximate surface area is 170 Å². The standard InChI is InChI=1S/C23H24N4O2/c1-29-19-13-11-18(12-14-19)24-21-15-20(23(28)25-17-9-5-6-10-17)26-22(27-21)16-7-3-2-4-8-16/h2-4,7-8,11-15,17H,5-6,9-10H2,1H3,(H,25,28)(H,24,26,27). The Hall–Kier alpha value is -3.41. The number of nitrogens with zero attached hydrogens (tertiary/aromatic N) is 2. The van der Waals surface area contributed by atoms with E-state index < -0.39 is 0 Å². The van der Waals surface area contributed by atoms with Gasteiger partial charge in [0, 0.05) is 23.4 Å². The molecule has 0 unspecified atom stereocenters. The summed E-state index contributed by atoms with van der Waals surface area (Å²) in [5.41, 5.74) is 2.08. The van der Waals surface area contributed by atoms with Crippen LogP contribution in [0.1, 0.15) is 36.2 Å². The molecule has 1 heterocycles. The molecule has 1 amide bonds. The number of anilines is 2. The number of carbonyl (C=O) groups is 1. The Morgan fingerprint density at radius 2 is 1.72 bits per heavy atom. The summed E-state index contributed by atoms with van der Waals surface area (Å²) in [6.07, 6.45) is 4.38. The number of rotatable bonds is 6. The van der Waals surface area contributed by atoms with Crippen LogP contribution < -0.4 is 15.4 Å². The van der Waals surface area contributed by atoms with Gasteiger partial charge in [-0.1, -0.05) is 43.2 Å². The highest BCUT2D eigenvalue weighted by Gasteiger charge is 2.20. The van der Waals surface area contributed by atoms with Gasteiger partial charge >= 0.3 is 0 Å². The average Bonchev–Trinajstić information content (AvgIpc) is 3.28. The lowest BCUT2D eigenvalue weighted by atomic mass is 10.2. The van der Waals surface area contributed by atoms with Crippen LogP contribution in [0.2, 0.25) is 0 Å². The number of amides is 1. The number of benzene rings is 2. The number of methoxy groups -OCH3 is 1. The average molecular weight is 388 g/mol. The number of nitrogens with one attached hydrogen (secondary N) is 2. The molecule has 0 bridgehead atoms. The summed E-state index contributed by atoms with van der Waals surface area (Å²) in [6.45, 7) is 0. The molecule has 3 aromatic rings. The van der Waals surface area contributed by atoms with Crippen molar-refractivity contribution in [3.05, 3.63) is 66.4 Å². The molecule has 4 rings (SSSR count). The van der Waals surface area contributed by atoms with Crippen LogP contribution in [0.5, 0.6) is 5.75 Å². The highest BCUT2D eigenvalue weighted by molar-refractivity contribution is 5.93. The quantitative estimate of drug-likeness (QED) is 0.647. The van der Waals surface area contributed by atoms with E-state index >= 15 is 0 Å². The topological polar surface area (TPSA) is 76.1 Å². The van der Waals surface area contributed by atoms with E-state index in [2.05, 4.69) is 20.6 Å². The van der Waals surface area contributed by atoms with Crippen LogP contribution in [-0.2, 0) is 0 Å². The van der Waals surface area contributed by atoms with Gasteiger partial charge in [-0.05, 0) is 37.1 Å². The van der Waals surface area contributed by atoms with Gasteiger partial charge in [0.05, 0.1) is 7.11 Å². The smallest absolute Gasteiger partial charge is 0.270 e. The third-order valence-corrected chi connectivity index (χ3v) is 5.04. The van der Waals surface area contributed by atoms with E-state index in [4.69, 9.17) is 4.74 Å². The molecular formula is C23H24N4O2. The molecule has 1 aliphatic carbocycles. The van der Waals surface area contributed by atoms with Crippen LogP contribution in [0.3, 0.4) is 0 Å². The maximum absolute atomic E-state index is 12.8. The molecule has 0 saturated heterocycles. The molecule has 1 aliphatic rings. The van der Waals surface area contributed by atoms with Crippen molar-refractivity contribution in [2.45, 2.75) is 31.7 Å². The number of carbonyl (C=O) groups excluding carboxylic acids is 1. The van der Waals surface area contributed by atoms with Crippen molar-refractivity contribution >= 4 is 17.4 Å². The molecule has 6 heteroatoms. The van der Waals surface area contributed by atoms with E-state index in [-0.39, 0.29) is 11.9 Å². The lowest BCUT2D eigenvalue weighted by Gasteiger charge is -2.14. The first kappa shape index (κ1) is 18.9. The lowest BCUT2D eigenvalue weighted by Crippen LogP contribution is -2.33. The van der Waals surface area contributed by atoms with Crippen molar-refractivity contribution in [1.82, 2.24) is 15.3 Å². The molecule has 2 N–H and O–H groups in total. The fourth-order valence-electron chi connectivity index (χ4n) is 3.50. The minimum atomic E-state index is -0.158. The normalized spacial score (nSPS) is 13.8. The zero-order valence-corrected chi connectivity index (χ0v) is 16.4. The van der Waals surface area contributed by atoms with Gasteiger partial charge in [-0.3, -0.25) is 4.79 Å². The fourth-order valence-corrected chi connectivity index (χ4v) is 3.50. The molecule has 2 aromatic carbocycles. The van der Waals surface area contributed by atoms with Gasteiger partial charge in [0.2, 0.25) is 0 Å². The van der Waals surface area contributed by atoms with E-state index in [0.29, 0.717) is 17.3 Å². The Balaban J connectivity index is 1.64. The molecule has 6 nitrogen and oxygen atoms in total. The molecule has 0 aliphatic heterocycles. The number of hydrogen-bond acceptors (Lipinski definition) is 5. The van der Waals surface area contributed by atoms with Crippen LogP contribution in [0, 0.1) is 0 Å². The first-order valence-electron chi connectivity index (χ1n) is 9.88. The fraction of sp³-hybridized carbons (Fsp3) is 0.261. The minimum absolute atomic E-state index is 0.158. The number of ether oxygens (including phenoxy) is 1. The number of aromatic nitrogens is 2. The van der Waals surface area contributed by atoms with Crippen LogP contribution in [0.15, 0.2) is 60.7 Å². The Kier molecular flexibility index (Phi) is 5.70. The van der Waals surface area contributed by atoms with E-state index in [1.54, 1.807) is 13.2 Å². The van der Waals surface area contributed by atoms with Crippen molar-refractivity contribution in [2.24, 2.45) is 0 Å². The summed E-state index contributed by atoms with van der Waals surface area (Å²) in [5.74, 6) is 1.70.